The second kappa shape index (κ2) is 5.75. The van der Waals surface area contributed by atoms with E-state index < -0.39 is 0 Å². The number of allylic oxidation sites excluding steroid dienone is 4. The smallest absolute Gasteiger partial charge is 0.00821 e. The van der Waals surface area contributed by atoms with E-state index in [0.29, 0.717) is 0 Å². The van der Waals surface area contributed by atoms with Crippen LogP contribution in [0.5, 0.6) is 0 Å². The standard InChI is InChI=1S/C25H18/c1-3-7-20-15-22(11-9-18(20)5-1)24-13-14-25(17-24)23-12-10-19-6-2-4-8-21(19)16-23/h1-13,15-17H,14H2. The van der Waals surface area contributed by atoms with Crippen LogP contribution < -0.4 is 0 Å². The molecule has 0 fully saturated rings. The Morgan fingerprint density at radius 3 is 1.76 bits per heavy atom. The summed E-state index contributed by atoms with van der Waals surface area (Å²) in [5.74, 6) is 0. The maximum Gasteiger partial charge on any atom is -0.00821 e. The molecule has 0 amide bonds. The van der Waals surface area contributed by atoms with Gasteiger partial charge in [-0.05, 0) is 62.4 Å². The van der Waals surface area contributed by atoms with Crippen molar-refractivity contribution in [3.05, 3.63) is 108 Å². The van der Waals surface area contributed by atoms with Gasteiger partial charge in [-0.1, -0.05) is 84.9 Å². The molecule has 0 N–H and O–H groups in total. The van der Waals surface area contributed by atoms with E-state index in [1.54, 1.807) is 0 Å². The van der Waals surface area contributed by atoms with E-state index in [-0.39, 0.29) is 0 Å². The third-order valence-corrected chi connectivity index (χ3v) is 5.07. The fourth-order valence-electron chi connectivity index (χ4n) is 3.69. The molecule has 4 aromatic carbocycles. The minimum atomic E-state index is 1.00. The highest BCUT2D eigenvalue weighted by atomic mass is 14.2. The summed E-state index contributed by atoms with van der Waals surface area (Å²) in [7, 11) is 0. The van der Waals surface area contributed by atoms with E-state index in [4.69, 9.17) is 0 Å². The van der Waals surface area contributed by atoms with Crippen molar-refractivity contribution in [3.63, 3.8) is 0 Å². The van der Waals surface area contributed by atoms with Crippen LogP contribution in [0.3, 0.4) is 0 Å². The molecule has 0 bridgehead atoms. The Kier molecular flexibility index (Phi) is 3.28. The molecule has 0 spiro atoms. The van der Waals surface area contributed by atoms with Crippen LogP contribution >= 0.6 is 0 Å². The van der Waals surface area contributed by atoms with E-state index in [2.05, 4.69) is 97.1 Å². The van der Waals surface area contributed by atoms with Gasteiger partial charge in [0.25, 0.3) is 0 Å². The van der Waals surface area contributed by atoms with Crippen LogP contribution in [0.25, 0.3) is 32.7 Å². The summed E-state index contributed by atoms with van der Waals surface area (Å²) in [6, 6.07) is 30.6. The molecular formula is C25H18. The number of benzene rings is 4. The van der Waals surface area contributed by atoms with Gasteiger partial charge < -0.3 is 0 Å². The zero-order valence-corrected chi connectivity index (χ0v) is 13.9. The molecule has 0 atom stereocenters. The van der Waals surface area contributed by atoms with Crippen LogP contribution in [0.2, 0.25) is 0 Å². The largest absolute Gasteiger partial charge is 0.0722 e. The van der Waals surface area contributed by atoms with Gasteiger partial charge in [-0.3, -0.25) is 0 Å². The quantitative estimate of drug-likeness (QED) is 0.378. The van der Waals surface area contributed by atoms with Crippen LogP contribution in [-0.4, -0.2) is 0 Å². The normalized spacial score (nSPS) is 13.9. The molecule has 0 radical (unpaired) electrons. The lowest BCUT2D eigenvalue weighted by Crippen LogP contribution is -1.82. The average molecular weight is 318 g/mol. The van der Waals surface area contributed by atoms with Crippen molar-refractivity contribution in [1.29, 1.82) is 0 Å². The Bertz CT molecular complexity index is 1160. The third-order valence-electron chi connectivity index (χ3n) is 5.07. The number of rotatable bonds is 2. The van der Waals surface area contributed by atoms with Crippen molar-refractivity contribution < 1.29 is 0 Å². The molecule has 118 valence electrons. The minimum Gasteiger partial charge on any atom is -0.0722 e. The van der Waals surface area contributed by atoms with Crippen LogP contribution in [0, 0.1) is 0 Å². The summed E-state index contributed by atoms with van der Waals surface area (Å²) in [6.45, 7) is 0. The Labute approximate surface area is 147 Å². The number of fused-ring (bicyclic) bond motifs is 2. The average Bonchev–Trinajstić information content (AvgIpc) is 3.17. The summed E-state index contributed by atoms with van der Waals surface area (Å²) >= 11 is 0. The van der Waals surface area contributed by atoms with Crippen LogP contribution in [0.15, 0.2) is 97.1 Å². The minimum absolute atomic E-state index is 1.00. The van der Waals surface area contributed by atoms with Crippen LogP contribution in [0.4, 0.5) is 0 Å². The van der Waals surface area contributed by atoms with Crippen molar-refractivity contribution in [2.24, 2.45) is 0 Å². The van der Waals surface area contributed by atoms with Gasteiger partial charge in [0.15, 0.2) is 0 Å². The molecule has 0 unspecified atom stereocenters. The lowest BCUT2D eigenvalue weighted by Gasteiger charge is -2.05. The van der Waals surface area contributed by atoms with Crippen molar-refractivity contribution in [1.82, 2.24) is 0 Å². The first-order valence-corrected chi connectivity index (χ1v) is 8.76. The van der Waals surface area contributed by atoms with E-state index >= 15 is 0 Å². The van der Waals surface area contributed by atoms with Gasteiger partial charge in [0.05, 0.1) is 0 Å². The molecule has 1 aliphatic rings. The van der Waals surface area contributed by atoms with Gasteiger partial charge in [-0.25, -0.2) is 0 Å². The second-order valence-electron chi connectivity index (χ2n) is 6.66. The molecule has 25 heavy (non-hydrogen) atoms. The molecule has 1 aliphatic carbocycles. The van der Waals surface area contributed by atoms with Crippen molar-refractivity contribution in [2.75, 3.05) is 0 Å². The Hall–Kier alpha value is -3.12. The molecule has 4 aromatic rings. The predicted octanol–water partition coefficient (Wildman–Crippen LogP) is 6.86. The van der Waals surface area contributed by atoms with E-state index in [1.807, 2.05) is 0 Å². The first-order valence-electron chi connectivity index (χ1n) is 8.76. The first-order chi connectivity index (χ1) is 12.4. The van der Waals surface area contributed by atoms with E-state index in [1.165, 1.54) is 43.8 Å². The fourth-order valence-corrected chi connectivity index (χ4v) is 3.69. The Morgan fingerprint density at radius 1 is 0.520 bits per heavy atom. The SMILES string of the molecule is C1=C(c2ccc3ccccc3c2)C=C(c2ccc3ccccc3c2)C1. The lowest BCUT2D eigenvalue weighted by molar-refractivity contribution is 1.44. The summed E-state index contributed by atoms with van der Waals surface area (Å²) < 4.78 is 0. The van der Waals surface area contributed by atoms with Gasteiger partial charge in [0.1, 0.15) is 0 Å². The number of hydrogen-bond donors (Lipinski definition) is 0. The summed E-state index contributed by atoms with van der Waals surface area (Å²) in [5, 5.41) is 5.20. The lowest BCUT2D eigenvalue weighted by atomic mass is 9.99. The van der Waals surface area contributed by atoms with Gasteiger partial charge in [0, 0.05) is 0 Å². The fraction of sp³-hybridized carbons (Fsp3) is 0.0400. The van der Waals surface area contributed by atoms with E-state index in [0.717, 1.165) is 6.42 Å². The van der Waals surface area contributed by atoms with Crippen molar-refractivity contribution in [3.8, 4) is 0 Å². The summed E-state index contributed by atoms with van der Waals surface area (Å²) in [4.78, 5) is 0. The molecule has 5 rings (SSSR count). The monoisotopic (exact) mass is 318 g/mol. The zero-order valence-electron chi connectivity index (χ0n) is 13.9. The first kappa shape index (κ1) is 14.2. The van der Waals surface area contributed by atoms with Crippen LogP contribution in [0.1, 0.15) is 17.5 Å². The van der Waals surface area contributed by atoms with Gasteiger partial charge >= 0.3 is 0 Å². The molecule has 0 saturated heterocycles. The predicted molar refractivity (Wildman–Crippen MR) is 108 cm³/mol. The van der Waals surface area contributed by atoms with E-state index in [9.17, 15) is 0 Å². The van der Waals surface area contributed by atoms with Gasteiger partial charge in [-0.15, -0.1) is 0 Å². The topological polar surface area (TPSA) is 0 Å². The maximum atomic E-state index is 2.34. The Morgan fingerprint density at radius 2 is 1.08 bits per heavy atom. The molecule has 0 heterocycles. The van der Waals surface area contributed by atoms with Crippen LogP contribution in [-0.2, 0) is 0 Å². The van der Waals surface area contributed by atoms with Crippen molar-refractivity contribution in [2.45, 2.75) is 6.42 Å². The highest BCUT2D eigenvalue weighted by Crippen LogP contribution is 2.34. The highest BCUT2D eigenvalue weighted by Gasteiger charge is 2.11. The molecular weight excluding hydrogens is 300 g/mol. The van der Waals surface area contributed by atoms with Crippen molar-refractivity contribution >= 4 is 32.7 Å². The zero-order chi connectivity index (χ0) is 16.6. The third kappa shape index (κ3) is 2.56. The van der Waals surface area contributed by atoms with Gasteiger partial charge in [-0.2, -0.15) is 0 Å². The summed E-state index contributed by atoms with van der Waals surface area (Å²) in [6.07, 6.45) is 5.68. The second-order valence-corrected chi connectivity index (χ2v) is 6.66. The Balaban J connectivity index is 1.52. The number of hydrogen-bond acceptors (Lipinski definition) is 0. The summed E-state index contributed by atoms with van der Waals surface area (Å²) in [5.41, 5.74) is 5.35. The highest BCUT2D eigenvalue weighted by molar-refractivity contribution is 5.95. The molecule has 0 saturated carbocycles. The van der Waals surface area contributed by atoms with Gasteiger partial charge in [0.2, 0.25) is 0 Å². The maximum absolute atomic E-state index is 2.34. The molecule has 0 nitrogen and oxygen atoms in total. The molecule has 0 aromatic heterocycles. The molecule has 0 aliphatic heterocycles. The molecule has 0 heteroatoms.